The van der Waals surface area contributed by atoms with Crippen molar-refractivity contribution in [2.45, 2.75) is 38.8 Å². The minimum absolute atomic E-state index is 0.00341. The van der Waals surface area contributed by atoms with Gasteiger partial charge in [-0.15, -0.1) is 0 Å². The average Bonchev–Trinajstić information content (AvgIpc) is 3.22. The number of halogens is 1. The molecule has 0 fully saturated rings. The quantitative estimate of drug-likeness (QED) is 0.712. The summed E-state index contributed by atoms with van der Waals surface area (Å²) in [7, 11) is 1.89. The number of hydrogen-bond donors (Lipinski definition) is 2. The first-order valence-electron chi connectivity index (χ1n) is 9.72. The van der Waals surface area contributed by atoms with Gasteiger partial charge in [-0.3, -0.25) is 14.4 Å². The van der Waals surface area contributed by atoms with Crippen LogP contribution in [0.25, 0.3) is 10.9 Å². The summed E-state index contributed by atoms with van der Waals surface area (Å²) >= 11 is 0. The number of rotatable bonds is 5. The highest BCUT2D eigenvalue weighted by Gasteiger charge is 2.33. The lowest BCUT2D eigenvalue weighted by atomic mass is 9.94. The third kappa shape index (κ3) is 3.54. The van der Waals surface area contributed by atoms with Gasteiger partial charge < -0.3 is 10.3 Å². The van der Waals surface area contributed by atoms with Crippen molar-refractivity contribution in [3.05, 3.63) is 53.2 Å². The topological polar surface area (TPSA) is 66.0 Å². The zero-order valence-corrected chi connectivity index (χ0v) is 16.5. The number of aromatic nitrogens is 3. The van der Waals surface area contributed by atoms with Crippen LogP contribution >= 0.6 is 0 Å². The van der Waals surface area contributed by atoms with Crippen molar-refractivity contribution in [3.63, 3.8) is 0 Å². The summed E-state index contributed by atoms with van der Waals surface area (Å²) in [6, 6.07) is 5.07. The number of benzene rings is 1. The fourth-order valence-corrected chi connectivity index (χ4v) is 3.98. The largest absolute Gasteiger partial charge is 0.361 e. The molecule has 0 radical (unpaired) electrons. The molecular weight excluding hydrogens is 357 g/mol. The Balaban J connectivity index is 1.45. The van der Waals surface area contributed by atoms with Gasteiger partial charge >= 0.3 is 0 Å². The van der Waals surface area contributed by atoms with Crippen LogP contribution in [-0.2, 0) is 24.8 Å². The lowest BCUT2D eigenvalue weighted by Crippen LogP contribution is -2.44. The fourth-order valence-electron chi connectivity index (χ4n) is 3.98. The Morgan fingerprint density at radius 1 is 1.43 bits per heavy atom. The van der Waals surface area contributed by atoms with Crippen LogP contribution in [0.1, 0.15) is 36.6 Å². The van der Waals surface area contributed by atoms with Crippen LogP contribution in [0.15, 0.2) is 30.6 Å². The van der Waals surface area contributed by atoms with Crippen molar-refractivity contribution in [2.75, 3.05) is 13.1 Å². The summed E-state index contributed by atoms with van der Waals surface area (Å²) in [5.41, 5.74) is 3.90. The molecule has 1 aromatic carbocycles. The van der Waals surface area contributed by atoms with Crippen LogP contribution in [0.5, 0.6) is 0 Å². The first-order chi connectivity index (χ1) is 13.4. The molecule has 0 spiro atoms. The van der Waals surface area contributed by atoms with Gasteiger partial charge in [0.1, 0.15) is 5.82 Å². The summed E-state index contributed by atoms with van der Waals surface area (Å²) in [5.74, 6) is -0.528. The first kappa shape index (κ1) is 18.7. The number of aryl methyl sites for hydroxylation is 1. The molecule has 1 aliphatic rings. The number of amides is 1. The van der Waals surface area contributed by atoms with Crippen molar-refractivity contribution >= 4 is 16.8 Å². The van der Waals surface area contributed by atoms with E-state index in [-0.39, 0.29) is 17.6 Å². The van der Waals surface area contributed by atoms with E-state index in [0.717, 1.165) is 34.3 Å². The van der Waals surface area contributed by atoms with Crippen molar-refractivity contribution in [3.8, 4) is 0 Å². The van der Waals surface area contributed by atoms with Gasteiger partial charge in [0, 0.05) is 61.6 Å². The van der Waals surface area contributed by atoms with Crippen LogP contribution in [-0.4, -0.2) is 44.7 Å². The number of carbonyl (C=O) groups is 1. The molecule has 148 valence electrons. The molecule has 0 saturated heterocycles. The second-order valence-corrected chi connectivity index (χ2v) is 7.83. The van der Waals surface area contributed by atoms with Crippen molar-refractivity contribution in [2.24, 2.45) is 7.05 Å². The van der Waals surface area contributed by atoms with E-state index < -0.39 is 0 Å². The van der Waals surface area contributed by atoms with Gasteiger partial charge in [0.2, 0.25) is 5.91 Å². The minimum atomic E-state index is -0.271. The Kier molecular flexibility index (Phi) is 4.93. The maximum atomic E-state index is 13.5. The Bertz CT molecular complexity index is 1010. The molecule has 0 bridgehead atoms. The molecule has 1 atom stereocenters. The van der Waals surface area contributed by atoms with E-state index in [2.05, 4.69) is 34.1 Å². The number of aromatic amines is 1. The van der Waals surface area contributed by atoms with Gasteiger partial charge in [0.15, 0.2) is 0 Å². The van der Waals surface area contributed by atoms with Gasteiger partial charge in [-0.25, -0.2) is 4.39 Å². The van der Waals surface area contributed by atoms with Crippen molar-refractivity contribution in [1.82, 2.24) is 25.0 Å². The van der Waals surface area contributed by atoms with Gasteiger partial charge in [-0.2, -0.15) is 5.10 Å². The lowest BCUT2D eigenvalue weighted by Gasteiger charge is -2.34. The molecule has 4 rings (SSSR count). The predicted octanol–water partition coefficient (Wildman–Crippen LogP) is 2.71. The Hall–Kier alpha value is -2.67. The maximum Gasteiger partial charge on any atom is 0.230 e. The SMILES string of the molecule is CC(C)N1Cc2cn(C)nc2[C@@H](C(=O)NCCc2c[nH]c3ccc(F)cc23)C1. The van der Waals surface area contributed by atoms with Gasteiger partial charge in [0.25, 0.3) is 0 Å². The zero-order chi connectivity index (χ0) is 19.8. The van der Waals surface area contributed by atoms with Crippen LogP contribution in [0.4, 0.5) is 4.39 Å². The fraction of sp³-hybridized carbons (Fsp3) is 0.429. The zero-order valence-electron chi connectivity index (χ0n) is 16.5. The van der Waals surface area contributed by atoms with E-state index in [1.165, 1.54) is 12.1 Å². The highest BCUT2D eigenvalue weighted by molar-refractivity contribution is 5.85. The average molecular weight is 383 g/mol. The third-order valence-corrected chi connectivity index (χ3v) is 5.53. The Morgan fingerprint density at radius 2 is 2.25 bits per heavy atom. The molecule has 3 heterocycles. The third-order valence-electron chi connectivity index (χ3n) is 5.53. The highest BCUT2D eigenvalue weighted by Crippen LogP contribution is 2.28. The summed E-state index contributed by atoms with van der Waals surface area (Å²) in [6.45, 7) is 6.29. The molecule has 1 amide bonds. The molecule has 0 saturated carbocycles. The smallest absolute Gasteiger partial charge is 0.230 e. The second-order valence-electron chi connectivity index (χ2n) is 7.83. The van der Waals surface area contributed by atoms with Crippen LogP contribution in [0.3, 0.4) is 0 Å². The molecule has 3 aromatic rings. The highest BCUT2D eigenvalue weighted by atomic mass is 19.1. The summed E-state index contributed by atoms with van der Waals surface area (Å²) in [4.78, 5) is 18.4. The number of H-pyrrole nitrogens is 1. The maximum absolute atomic E-state index is 13.5. The molecule has 7 heteroatoms. The summed E-state index contributed by atoms with van der Waals surface area (Å²) in [6.07, 6.45) is 4.53. The number of nitrogens with zero attached hydrogens (tertiary/aromatic N) is 3. The van der Waals surface area contributed by atoms with E-state index in [4.69, 9.17) is 0 Å². The molecule has 0 aliphatic carbocycles. The number of nitrogens with one attached hydrogen (secondary N) is 2. The standard InChI is InChI=1S/C21H26FN5O/c1-13(2)27-11-15-10-26(3)25-20(15)18(12-27)21(28)23-7-6-14-9-24-19-5-4-16(22)8-17(14)19/h4-5,8-10,13,18,24H,6-7,11-12H2,1-3H3,(H,23,28)/t18-/m0/s1. The molecule has 2 N–H and O–H groups in total. The minimum Gasteiger partial charge on any atom is -0.361 e. The van der Waals surface area contributed by atoms with Crippen molar-refractivity contribution < 1.29 is 9.18 Å². The van der Waals surface area contributed by atoms with Gasteiger partial charge in [-0.1, -0.05) is 0 Å². The second kappa shape index (κ2) is 7.39. The normalized spacial score (nSPS) is 17.2. The first-order valence-corrected chi connectivity index (χ1v) is 9.72. The van der Waals surface area contributed by atoms with Crippen LogP contribution < -0.4 is 5.32 Å². The van der Waals surface area contributed by atoms with Gasteiger partial charge in [0.05, 0.1) is 11.6 Å². The van der Waals surface area contributed by atoms with Crippen molar-refractivity contribution in [1.29, 1.82) is 0 Å². The van der Waals surface area contributed by atoms with E-state index in [1.54, 1.807) is 10.7 Å². The van der Waals surface area contributed by atoms with E-state index in [1.807, 2.05) is 19.4 Å². The van der Waals surface area contributed by atoms with E-state index in [0.29, 0.717) is 25.6 Å². The molecule has 6 nitrogen and oxygen atoms in total. The molecule has 2 aromatic heterocycles. The summed E-state index contributed by atoms with van der Waals surface area (Å²) < 4.78 is 15.3. The molecular formula is C21H26FN5O. The number of carbonyl (C=O) groups excluding carboxylic acids is 1. The Morgan fingerprint density at radius 3 is 3.04 bits per heavy atom. The number of hydrogen-bond acceptors (Lipinski definition) is 3. The van der Waals surface area contributed by atoms with E-state index >= 15 is 0 Å². The lowest BCUT2D eigenvalue weighted by molar-refractivity contribution is -0.123. The molecule has 1 aliphatic heterocycles. The van der Waals surface area contributed by atoms with Gasteiger partial charge in [-0.05, 0) is 44.0 Å². The number of fused-ring (bicyclic) bond motifs is 2. The summed E-state index contributed by atoms with van der Waals surface area (Å²) in [5, 5.41) is 8.46. The molecule has 28 heavy (non-hydrogen) atoms. The van der Waals surface area contributed by atoms with E-state index in [9.17, 15) is 9.18 Å². The monoisotopic (exact) mass is 383 g/mol. The van der Waals surface area contributed by atoms with Crippen LogP contribution in [0.2, 0.25) is 0 Å². The predicted molar refractivity (Wildman–Crippen MR) is 106 cm³/mol. The molecule has 0 unspecified atom stereocenters. The Labute approximate surface area is 163 Å². The van der Waals surface area contributed by atoms with Crippen LogP contribution in [0, 0.1) is 5.82 Å².